The molecular weight excluding hydrogens is 166 g/mol. The topological polar surface area (TPSA) is 29.5 Å². The Morgan fingerprint density at radius 1 is 1.38 bits per heavy atom. The normalized spacial score (nSPS) is 9.46. The van der Waals surface area contributed by atoms with Crippen molar-refractivity contribution >= 4 is 12.0 Å². The minimum Gasteiger partial charge on any atom is -0.497 e. The molecule has 70 valence electrons. The third-order valence-corrected chi connectivity index (χ3v) is 1.85. The van der Waals surface area contributed by atoms with Crippen LogP contribution in [0, 0.1) is 0 Å². The molecule has 0 unspecified atom stereocenters. The largest absolute Gasteiger partial charge is 0.497 e. The van der Waals surface area contributed by atoms with Gasteiger partial charge in [-0.1, -0.05) is 0 Å². The highest BCUT2D eigenvalue weighted by Gasteiger charge is 2.04. The van der Waals surface area contributed by atoms with Crippen molar-refractivity contribution in [1.29, 1.82) is 0 Å². The number of ether oxygens (including phenoxy) is 1. The quantitative estimate of drug-likeness (QED) is 0.660. The van der Waals surface area contributed by atoms with Crippen LogP contribution in [0.1, 0.15) is 10.4 Å². The van der Waals surface area contributed by atoms with Crippen LogP contribution in [0.2, 0.25) is 0 Å². The second-order valence-corrected chi connectivity index (χ2v) is 2.94. The molecule has 1 rings (SSSR count). The number of benzene rings is 1. The molecule has 1 aromatic carbocycles. The van der Waals surface area contributed by atoms with Gasteiger partial charge in [-0.15, -0.1) is 0 Å². The summed E-state index contributed by atoms with van der Waals surface area (Å²) in [5, 5.41) is 0. The Bertz CT molecular complexity index is 308. The zero-order valence-corrected chi connectivity index (χ0v) is 8.07. The number of rotatable bonds is 3. The van der Waals surface area contributed by atoms with Crippen LogP contribution in [-0.2, 0) is 0 Å². The van der Waals surface area contributed by atoms with Gasteiger partial charge in [0.1, 0.15) is 5.75 Å². The fourth-order valence-electron chi connectivity index (χ4n) is 1.14. The molecule has 0 spiro atoms. The Morgan fingerprint density at radius 3 is 2.54 bits per heavy atom. The van der Waals surface area contributed by atoms with Crippen LogP contribution in [0.5, 0.6) is 5.75 Å². The van der Waals surface area contributed by atoms with Crippen molar-refractivity contribution in [3.8, 4) is 5.75 Å². The van der Waals surface area contributed by atoms with Gasteiger partial charge in [-0.25, -0.2) is 0 Å². The number of nitrogens with zero attached hydrogens (tertiary/aromatic N) is 1. The van der Waals surface area contributed by atoms with Crippen LogP contribution in [0.25, 0.3) is 0 Å². The highest BCUT2D eigenvalue weighted by molar-refractivity contribution is 5.85. The number of carbonyl (C=O) groups is 1. The summed E-state index contributed by atoms with van der Waals surface area (Å²) in [6, 6.07) is 5.36. The lowest BCUT2D eigenvalue weighted by atomic mass is 10.2. The standard InChI is InChI=1S/C10H13NO2/c1-11(2)10-6-9(13-3)5-4-8(10)7-12/h4-7H,1-3H3. The maximum Gasteiger partial charge on any atom is 0.152 e. The van der Waals surface area contributed by atoms with Crippen LogP contribution < -0.4 is 9.64 Å². The SMILES string of the molecule is COc1ccc(C=O)c(N(C)C)c1. The zero-order valence-electron chi connectivity index (χ0n) is 8.07. The molecule has 0 saturated heterocycles. The summed E-state index contributed by atoms with van der Waals surface area (Å²) in [7, 11) is 5.39. The van der Waals surface area contributed by atoms with Crippen LogP contribution in [-0.4, -0.2) is 27.5 Å². The van der Waals surface area contributed by atoms with Crippen LogP contribution in [0.15, 0.2) is 18.2 Å². The number of carbonyl (C=O) groups excluding carboxylic acids is 1. The molecule has 0 radical (unpaired) electrons. The molecule has 0 aliphatic carbocycles. The molecule has 0 bridgehead atoms. The second-order valence-electron chi connectivity index (χ2n) is 2.94. The average molecular weight is 179 g/mol. The number of methoxy groups -OCH3 is 1. The maximum atomic E-state index is 10.7. The Kier molecular flexibility index (Phi) is 2.90. The van der Waals surface area contributed by atoms with Crippen LogP contribution in [0.3, 0.4) is 0 Å². The highest BCUT2D eigenvalue weighted by Crippen LogP contribution is 2.22. The summed E-state index contributed by atoms with van der Waals surface area (Å²) in [5.41, 5.74) is 1.54. The van der Waals surface area contributed by atoms with Crippen molar-refractivity contribution in [2.24, 2.45) is 0 Å². The first kappa shape index (κ1) is 9.58. The molecule has 0 saturated carbocycles. The molecule has 0 heterocycles. The summed E-state index contributed by atoms with van der Waals surface area (Å²) in [6.07, 6.45) is 0.842. The van der Waals surface area contributed by atoms with Gasteiger partial charge in [0.25, 0.3) is 0 Å². The first-order valence-corrected chi connectivity index (χ1v) is 3.99. The third-order valence-electron chi connectivity index (χ3n) is 1.85. The lowest BCUT2D eigenvalue weighted by molar-refractivity contribution is 0.112. The van der Waals surface area contributed by atoms with Crippen molar-refractivity contribution in [3.63, 3.8) is 0 Å². The van der Waals surface area contributed by atoms with Crippen molar-refractivity contribution in [1.82, 2.24) is 0 Å². The molecule has 3 heteroatoms. The van der Waals surface area contributed by atoms with Gasteiger partial charge in [-0.3, -0.25) is 4.79 Å². The Morgan fingerprint density at radius 2 is 2.08 bits per heavy atom. The number of hydrogen-bond acceptors (Lipinski definition) is 3. The number of aldehydes is 1. The minimum absolute atomic E-state index is 0.672. The molecule has 0 aliphatic rings. The lowest BCUT2D eigenvalue weighted by Crippen LogP contribution is -2.11. The van der Waals surface area contributed by atoms with Crippen molar-refractivity contribution in [2.75, 3.05) is 26.1 Å². The molecule has 0 amide bonds. The third kappa shape index (κ3) is 1.99. The van der Waals surface area contributed by atoms with Gasteiger partial charge in [0.15, 0.2) is 6.29 Å². The van der Waals surface area contributed by atoms with E-state index in [1.54, 1.807) is 19.2 Å². The van der Waals surface area contributed by atoms with Crippen molar-refractivity contribution in [2.45, 2.75) is 0 Å². The Hall–Kier alpha value is -1.51. The Labute approximate surface area is 77.9 Å². The zero-order chi connectivity index (χ0) is 9.84. The lowest BCUT2D eigenvalue weighted by Gasteiger charge is -2.15. The summed E-state index contributed by atoms with van der Waals surface area (Å²) in [6.45, 7) is 0. The van der Waals surface area contributed by atoms with Gasteiger partial charge < -0.3 is 9.64 Å². The average Bonchev–Trinajstić information content (AvgIpc) is 2.16. The fraction of sp³-hybridized carbons (Fsp3) is 0.300. The van der Waals surface area contributed by atoms with E-state index in [2.05, 4.69) is 0 Å². The van der Waals surface area contributed by atoms with Gasteiger partial charge >= 0.3 is 0 Å². The number of hydrogen-bond donors (Lipinski definition) is 0. The van der Waals surface area contributed by atoms with E-state index in [-0.39, 0.29) is 0 Å². The van der Waals surface area contributed by atoms with Gasteiger partial charge in [0, 0.05) is 25.7 Å². The van der Waals surface area contributed by atoms with Crippen LogP contribution >= 0.6 is 0 Å². The van der Waals surface area contributed by atoms with Gasteiger partial charge in [0.05, 0.1) is 12.8 Å². The van der Waals surface area contributed by atoms with Gasteiger partial charge in [-0.2, -0.15) is 0 Å². The predicted octanol–water partition coefficient (Wildman–Crippen LogP) is 1.57. The highest BCUT2D eigenvalue weighted by atomic mass is 16.5. The minimum atomic E-state index is 0.672. The molecule has 0 fully saturated rings. The van der Waals surface area contributed by atoms with E-state index in [0.717, 1.165) is 17.7 Å². The molecule has 0 N–H and O–H groups in total. The van der Waals surface area contributed by atoms with E-state index in [1.807, 2.05) is 25.1 Å². The smallest absolute Gasteiger partial charge is 0.152 e. The molecule has 3 nitrogen and oxygen atoms in total. The molecule has 0 aliphatic heterocycles. The van der Waals surface area contributed by atoms with Crippen LogP contribution in [0.4, 0.5) is 5.69 Å². The van der Waals surface area contributed by atoms with E-state index in [0.29, 0.717) is 5.56 Å². The van der Waals surface area contributed by atoms with E-state index in [1.165, 1.54) is 0 Å². The summed E-state index contributed by atoms with van der Waals surface area (Å²) in [4.78, 5) is 12.5. The van der Waals surface area contributed by atoms with Gasteiger partial charge in [0.2, 0.25) is 0 Å². The van der Waals surface area contributed by atoms with Crippen molar-refractivity contribution in [3.05, 3.63) is 23.8 Å². The summed E-state index contributed by atoms with van der Waals surface area (Å²) < 4.78 is 5.06. The summed E-state index contributed by atoms with van der Waals surface area (Å²) in [5.74, 6) is 0.759. The monoisotopic (exact) mass is 179 g/mol. The predicted molar refractivity (Wildman–Crippen MR) is 52.7 cm³/mol. The molecule has 1 aromatic rings. The molecule has 0 aromatic heterocycles. The summed E-state index contributed by atoms with van der Waals surface area (Å²) >= 11 is 0. The van der Waals surface area contributed by atoms with Crippen molar-refractivity contribution < 1.29 is 9.53 Å². The first-order valence-electron chi connectivity index (χ1n) is 3.99. The second kappa shape index (κ2) is 3.94. The van der Waals surface area contributed by atoms with E-state index in [9.17, 15) is 4.79 Å². The molecule has 0 atom stereocenters. The van der Waals surface area contributed by atoms with Gasteiger partial charge in [-0.05, 0) is 12.1 Å². The van der Waals surface area contributed by atoms with E-state index in [4.69, 9.17) is 4.74 Å². The van der Waals surface area contributed by atoms with E-state index < -0.39 is 0 Å². The molecular formula is C10H13NO2. The maximum absolute atomic E-state index is 10.7. The van der Waals surface area contributed by atoms with E-state index >= 15 is 0 Å². The fourth-order valence-corrected chi connectivity index (χ4v) is 1.14. The first-order chi connectivity index (χ1) is 6.19. The Balaban J connectivity index is 3.17. The molecule has 13 heavy (non-hydrogen) atoms. The number of anilines is 1.